The first-order valence-corrected chi connectivity index (χ1v) is 8.82. The van der Waals surface area contributed by atoms with Crippen molar-refractivity contribution in [3.8, 4) is 5.75 Å². The first-order valence-electron chi connectivity index (χ1n) is 8.03. The maximum absolute atomic E-state index is 12.1. The fourth-order valence-electron chi connectivity index (χ4n) is 2.19. The van der Waals surface area contributed by atoms with Gasteiger partial charge in [-0.1, -0.05) is 46.3 Å². The summed E-state index contributed by atoms with van der Waals surface area (Å²) in [7, 11) is 0. The highest BCUT2D eigenvalue weighted by atomic mass is 79.9. The maximum atomic E-state index is 12.1. The van der Waals surface area contributed by atoms with Crippen LogP contribution in [0.1, 0.15) is 25.3 Å². The summed E-state index contributed by atoms with van der Waals surface area (Å²) in [5, 5.41) is 2.90. The van der Waals surface area contributed by atoms with Gasteiger partial charge in [0.15, 0.2) is 0 Å². The van der Waals surface area contributed by atoms with E-state index in [1.807, 2.05) is 55.5 Å². The van der Waals surface area contributed by atoms with Gasteiger partial charge in [0.05, 0.1) is 18.9 Å². The second-order valence-electron chi connectivity index (χ2n) is 5.26. The van der Waals surface area contributed by atoms with E-state index in [1.165, 1.54) is 0 Å². The number of carbonyl (C=O) groups is 1. The highest BCUT2D eigenvalue weighted by Gasteiger charge is 2.08. The van der Waals surface area contributed by atoms with Crippen molar-refractivity contribution in [2.75, 3.05) is 18.5 Å². The second kappa shape index (κ2) is 10.1. The smallest absolute Gasteiger partial charge is 0.224 e. The van der Waals surface area contributed by atoms with E-state index in [1.54, 1.807) is 0 Å². The number of halogens is 1. The summed E-state index contributed by atoms with van der Waals surface area (Å²) in [6.45, 7) is 3.59. The number of ether oxygens (including phenoxy) is 2. The summed E-state index contributed by atoms with van der Waals surface area (Å²) in [5.41, 5.74) is 1.82. The van der Waals surface area contributed by atoms with Crippen LogP contribution in [0.25, 0.3) is 0 Å². The number of amides is 1. The van der Waals surface area contributed by atoms with Gasteiger partial charge in [0.2, 0.25) is 5.91 Å². The molecular formula is C19H22BrNO3. The van der Waals surface area contributed by atoms with Gasteiger partial charge in [-0.05, 0) is 37.1 Å². The lowest BCUT2D eigenvalue weighted by Gasteiger charge is -2.12. The van der Waals surface area contributed by atoms with Crippen LogP contribution in [0.3, 0.4) is 0 Å². The van der Waals surface area contributed by atoms with Crippen molar-refractivity contribution in [1.29, 1.82) is 0 Å². The molecular weight excluding hydrogens is 370 g/mol. The molecule has 1 amide bonds. The fourth-order valence-corrected chi connectivity index (χ4v) is 2.55. The SMILES string of the molecule is CCOc1ccc(Br)cc1NC(=O)CCCOCc1ccccc1. The predicted octanol–water partition coefficient (Wildman–Crippen LogP) is 4.78. The Labute approximate surface area is 151 Å². The Morgan fingerprint density at radius 1 is 1.17 bits per heavy atom. The number of hydrogen-bond donors (Lipinski definition) is 1. The molecule has 0 heterocycles. The molecule has 0 unspecified atom stereocenters. The first-order chi connectivity index (χ1) is 11.7. The molecule has 2 aromatic carbocycles. The van der Waals surface area contributed by atoms with Crippen LogP contribution < -0.4 is 10.1 Å². The van der Waals surface area contributed by atoms with Gasteiger partial charge < -0.3 is 14.8 Å². The number of carbonyl (C=O) groups excluding carboxylic acids is 1. The van der Waals surface area contributed by atoms with Crippen molar-refractivity contribution in [2.45, 2.75) is 26.4 Å². The number of anilines is 1. The third-order valence-corrected chi connectivity index (χ3v) is 3.81. The van der Waals surface area contributed by atoms with E-state index in [2.05, 4.69) is 21.2 Å². The summed E-state index contributed by atoms with van der Waals surface area (Å²) in [6, 6.07) is 15.6. The molecule has 2 aromatic rings. The second-order valence-corrected chi connectivity index (χ2v) is 6.18. The number of rotatable bonds is 9. The van der Waals surface area contributed by atoms with Crippen molar-refractivity contribution >= 4 is 27.5 Å². The zero-order valence-corrected chi connectivity index (χ0v) is 15.3. The lowest BCUT2D eigenvalue weighted by Crippen LogP contribution is -2.13. The Morgan fingerprint density at radius 3 is 2.71 bits per heavy atom. The van der Waals surface area contributed by atoms with E-state index in [0.717, 1.165) is 10.0 Å². The summed E-state index contributed by atoms with van der Waals surface area (Å²) >= 11 is 3.41. The van der Waals surface area contributed by atoms with Crippen molar-refractivity contribution < 1.29 is 14.3 Å². The van der Waals surface area contributed by atoms with E-state index < -0.39 is 0 Å². The molecule has 0 aliphatic carbocycles. The fraction of sp³-hybridized carbons (Fsp3) is 0.316. The van der Waals surface area contributed by atoms with Gasteiger partial charge in [-0.3, -0.25) is 4.79 Å². The van der Waals surface area contributed by atoms with Gasteiger partial charge in [-0.15, -0.1) is 0 Å². The molecule has 128 valence electrons. The van der Waals surface area contributed by atoms with Crippen LogP contribution in [0.2, 0.25) is 0 Å². The lowest BCUT2D eigenvalue weighted by molar-refractivity contribution is -0.116. The number of benzene rings is 2. The first kappa shape index (κ1) is 18.5. The van der Waals surface area contributed by atoms with Gasteiger partial charge in [0, 0.05) is 17.5 Å². The van der Waals surface area contributed by atoms with Gasteiger partial charge in [-0.2, -0.15) is 0 Å². The van der Waals surface area contributed by atoms with E-state index in [0.29, 0.717) is 44.1 Å². The molecule has 0 saturated carbocycles. The van der Waals surface area contributed by atoms with Gasteiger partial charge in [0.25, 0.3) is 0 Å². The van der Waals surface area contributed by atoms with Crippen LogP contribution in [0.4, 0.5) is 5.69 Å². The Kier molecular flexibility index (Phi) is 7.79. The molecule has 0 radical (unpaired) electrons. The minimum Gasteiger partial charge on any atom is -0.492 e. The van der Waals surface area contributed by atoms with Crippen LogP contribution in [0.5, 0.6) is 5.75 Å². The summed E-state index contributed by atoms with van der Waals surface area (Å²) in [6.07, 6.45) is 1.09. The molecule has 0 fully saturated rings. The Hall–Kier alpha value is -1.85. The average Bonchev–Trinajstić information content (AvgIpc) is 2.58. The largest absolute Gasteiger partial charge is 0.492 e. The highest BCUT2D eigenvalue weighted by Crippen LogP contribution is 2.28. The molecule has 1 N–H and O–H groups in total. The zero-order valence-electron chi connectivity index (χ0n) is 13.8. The van der Waals surface area contributed by atoms with Crippen molar-refractivity contribution in [3.63, 3.8) is 0 Å². The van der Waals surface area contributed by atoms with Crippen molar-refractivity contribution in [3.05, 3.63) is 58.6 Å². The average molecular weight is 392 g/mol. The van der Waals surface area contributed by atoms with E-state index >= 15 is 0 Å². The molecule has 0 spiro atoms. The van der Waals surface area contributed by atoms with Crippen LogP contribution >= 0.6 is 15.9 Å². The van der Waals surface area contributed by atoms with Gasteiger partial charge >= 0.3 is 0 Å². The number of hydrogen-bond acceptors (Lipinski definition) is 3. The molecule has 0 aliphatic rings. The minimum atomic E-state index is -0.0441. The molecule has 24 heavy (non-hydrogen) atoms. The molecule has 4 nitrogen and oxygen atoms in total. The zero-order chi connectivity index (χ0) is 17.2. The molecule has 0 bridgehead atoms. The van der Waals surface area contributed by atoms with Gasteiger partial charge in [0.1, 0.15) is 5.75 Å². The molecule has 0 atom stereocenters. The van der Waals surface area contributed by atoms with E-state index in [4.69, 9.17) is 9.47 Å². The molecule has 0 aromatic heterocycles. The van der Waals surface area contributed by atoms with Gasteiger partial charge in [-0.25, -0.2) is 0 Å². The molecule has 2 rings (SSSR count). The molecule has 5 heteroatoms. The Balaban J connectivity index is 1.72. The molecule has 0 aliphatic heterocycles. The normalized spacial score (nSPS) is 10.4. The van der Waals surface area contributed by atoms with Crippen LogP contribution in [-0.2, 0) is 16.1 Å². The summed E-state index contributed by atoms with van der Waals surface area (Å²) < 4.78 is 12.0. The lowest BCUT2D eigenvalue weighted by atomic mass is 10.2. The minimum absolute atomic E-state index is 0.0441. The highest BCUT2D eigenvalue weighted by molar-refractivity contribution is 9.10. The third-order valence-electron chi connectivity index (χ3n) is 3.32. The van der Waals surface area contributed by atoms with Crippen LogP contribution in [-0.4, -0.2) is 19.1 Å². The van der Waals surface area contributed by atoms with Crippen LogP contribution in [0.15, 0.2) is 53.0 Å². The Morgan fingerprint density at radius 2 is 1.96 bits per heavy atom. The summed E-state index contributed by atoms with van der Waals surface area (Å²) in [4.78, 5) is 12.1. The monoisotopic (exact) mass is 391 g/mol. The quantitative estimate of drug-likeness (QED) is 0.625. The van der Waals surface area contributed by atoms with E-state index in [-0.39, 0.29) is 5.91 Å². The predicted molar refractivity (Wildman–Crippen MR) is 99.3 cm³/mol. The topological polar surface area (TPSA) is 47.6 Å². The molecule has 0 saturated heterocycles. The number of nitrogens with one attached hydrogen (secondary N) is 1. The standard InChI is InChI=1S/C19H22BrNO3/c1-2-24-18-11-10-16(20)13-17(18)21-19(22)9-6-12-23-14-15-7-4-3-5-8-15/h3-5,7-8,10-11,13H,2,6,9,12,14H2,1H3,(H,21,22). The van der Waals surface area contributed by atoms with E-state index in [9.17, 15) is 4.79 Å². The van der Waals surface area contributed by atoms with Crippen molar-refractivity contribution in [1.82, 2.24) is 0 Å². The van der Waals surface area contributed by atoms with Crippen molar-refractivity contribution in [2.24, 2.45) is 0 Å². The maximum Gasteiger partial charge on any atom is 0.224 e. The van der Waals surface area contributed by atoms with Crippen LogP contribution in [0, 0.1) is 0 Å². The summed E-state index contributed by atoms with van der Waals surface area (Å²) in [5.74, 6) is 0.631. The Bertz CT molecular complexity index is 646. The third kappa shape index (κ3) is 6.34.